The summed E-state index contributed by atoms with van der Waals surface area (Å²) < 4.78 is 11.2. The molecular weight excluding hydrogens is 456 g/mol. The van der Waals surface area contributed by atoms with Gasteiger partial charge in [0.15, 0.2) is 6.10 Å². The van der Waals surface area contributed by atoms with Crippen LogP contribution >= 0.6 is 23.1 Å². The van der Waals surface area contributed by atoms with Crippen molar-refractivity contribution < 1.29 is 19.1 Å². The molecule has 8 heteroatoms. The highest BCUT2D eigenvalue weighted by molar-refractivity contribution is 7.99. The van der Waals surface area contributed by atoms with Gasteiger partial charge in [-0.25, -0.2) is 4.79 Å². The molecule has 0 saturated carbocycles. The number of carbonyl (C=O) groups excluding carboxylic acids is 2. The Morgan fingerprint density at radius 1 is 1.06 bits per heavy atom. The topological polar surface area (TPSA) is 59.1 Å². The second kappa shape index (κ2) is 10.4. The van der Waals surface area contributed by atoms with E-state index in [0.717, 1.165) is 21.9 Å². The number of para-hydroxylation sites is 1. The number of ether oxygens (including phenoxy) is 2. The van der Waals surface area contributed by atoms with Gasteiger partial charge >= 0.3 is 5.97 Å². The summed E-state index contributed by atoms with van der Waals surface area (Å²) in [7, 11) is 5.55. The quantitative estimate of drug-likeness (QED) is 0.454. The SMILES string of the molecule is COc1ccc([C@@H]2Sc3ccccc3N(CCN(C)C)C(=O)[C@@H]2OC(=O)c2cccs2)cc1. The maximum absolute atomic E-state index is 13.9. The summed E-state index contributed by atoms with van der Waals surface area (Å²) in [6.45, 7) is 1.18. The van der Waals surface area contributed by atoms with Crippen LogP contribution in [0.1, 0.15) is 20.5 Å². The Hall–Kier alpha value is -2.81. The molecule has 0 bridgehead atoms. The van der Waals surface area contributed by atoms with Crippen molar-refractivity contribution in [3.63, 3.8) is 0 Å². The van der Waals surface area contributed by atoms with Gasteiger partial charge in [-0.1, -0.05) is 30.3 Å². The van der Waals surface area contributed by atoms with Crippen LogP contribution in [0.25, 0.3) is 0 Å². The highest BCUT2D eigenvalue weighted by Gasteiger charge is 2.41. The van der Waals surface area contributed by atoms with Crippen LogP contribution in [0, 0.1) is 0 Å². The smallest absolute Gasteiger partial charge is 0.349 e. The Morgan fingerprint density at radius 3 is 2.48 bits per heavy atom. The third kappa shape index (κ3) is 5.24. The molecule has 0 radical (unpaired) electrons. The molecule has 0 unspecified atom stereocenters. The zero-order valence-electron chi connectivity index (χ0n) is 18.8. The fourth-order valence-corrected chi connectivity index (χ4v) is 5.55. The number of esters is 1. The first-order valence-electron chi connectivity index (χ1n) is 10.6. The lowest BCUT2D eigenvalue weighted by Gasteiger charge is -2.28. The number of hydrogen-bond acceptors (Lipinski definition) is 7. The number of hydrogen-bond donors (Lipinski definition) is 0. The molecule has 3 aromatic rings. The first kappa shape index (κ1) is 23.4. The predicted octanol–water partition coefficient (Wildman–Crippen LogP) is 4.72. The van der Waals surface area contributed by atoms with Crippen LogP contribution in [0.3, 0.4) is 0 Å². The van der Waals surface area contributed by atoms with E-state index in [-0.39, 0.29) is 5.91 Å². The van der Waals surface area contributed by atoms with E-state index in [4.69, 9.17) is 9.47 Å². The van der Waals surface area contributed by atoms with E-state index >= 15 is 0 Å². The van der Waals surface area contributed by atoms with E-state index in [1.807, 2.05) is 72.9 Å². The molecule has 0 fully saturated rings. The molecule has 0 aliphatic carbocycles. The van der Waals surface area contributed by atoms with E-state index < -0.39 is 17.3 Å². The number of thioether (sulfide) groups is 1. The zero-order valence-corrected chi connectivity index (χ0v) is 20.4. The average molecular weight is 483 g/mol. The second-order valence-corrected chi connectivity index (χ2v) is 10.0. The van der Waals surface area contributed by atoms with Gasteiger partial charge in [0.2, 0.25) is 0 Å². The van der Waals surface area contributed by atoms with E-state index in [9.17, 15) is 9.59 Å². The lowest BCUT2D eigenvalue weighted by atomic mass is 10.1. The number of amides is 1. The third-order valence-corrected chi connectivity index (χ3v) is 7.59. The van der Waals surface area contributed by atoms with E-state index in [2.05, 4.69) is 0 Å². The van der Waals surface area contributed by atoms with E-state index in [1.54, 1.807) is 35.9 Å². The van der Waals surface area contributed by atoms with E-state index in [1.165, 1.54) is 11.3 Å². The average Bonchev–Trinajstić information content (AvgIpc) is 3.34. The van der Waals surface area contributed by atoms with Gasteiger partial charge in [-0.05, 0) is 55.4 Å². The molecule has 4 rings (SSSR count). The van der Waals surface area contributed by atoms with Crippen molar-refractivity contribution in [1.29, 1.82) is 0 Å². The molecule has 1 aromatic heterocycles. The van der Waals surface area contributed by atoms with Crippen molar-refractivity contribution in [3.8, 4) is 5.75 Å². The van der Waals surface area contributed by atoms with Gasteiger partial charge in [-0.3, -0.25) is 4.79 Å². The molecule has 2 atom stereocenters. The number of fused-ring (bicyclic) bond motifs is 1. The molecule has 0 N–H and O–H groups in total. The molecule has 0 saturated heterocycles. The zero-order chi connectivity index (χ0) is 23.4. The van der Waals surface area contributed by atoms with Gasteiger partial charge in [-0.15, -0.1) is 23.1 Å². The van der Waals surface area contributed by atoms with Gasteiger partial charge in [0.25, 0.3) is 5.91 Å². The van der Waals surface area contributed by atoms with Gasteiger partial charge in [0, 0.05) is 18.0 Å². The molecule has 1 aliphatic rings. The summed E-state index contributed by atoms with van der Waals surface area (Å²) >= 11 is 2.84. The lowest BCUT2D eigenvalue weighted by molar-refractivity contribution is -0.127. The second-order valence-electron chi connectivity index (χ2n) is 7.88. The highest BCUT2D eigenvalue weighted by Crippen LogP contribution is 2.47. The first-order valence-corrected chi connectivity index (χ1v) is 12.3. The number of likely N-dealkylation sites (N-methyl/N-ethyl adjacent to an activating group) is 1. The lowest BCUT2D eigenvalue weighted by Crippen LogP contribution is -2.45. The summed E-state index contributed by atoms with van der Waals surface area (Å²) in [5.74, 6) is 0.0184. The third-order valence-electron chi connectivity index (χ3n) is 5.37. The minimum Gasteiger partial charge on any atom is -0.497 e. The maximum atomic E-state index is 13.9. The first-order chi connectivity index (χ1) is 16.0. The molecule has 172 valence electrons. The number of anilines is 1. The molecule has 1 amide bonds. The van der Waals surface area contributed by atoms with Crippen molar-refractivity contribution in [2.75, 3.05) is 39.2 Å². The van der Waals surface area contributed by atoms with Crippen molar-refractivity contribution in [3.05, 3.63) is 76.5 Å². The van der Waals surface area contributed by atoms with Crippen molar-refractivity contribution >= 4 is 40.7 Å². The summed E-state index contributed by atoms with van der Waals surface area (Å²) in [6.07, 6.45) is -0.979. The van der Waals surface area contributed by atoms with Crippen LogP contribution in [0.4, 0.5) is 5.69 Å². The molecule has 6 nitrogen and oxygen atoms in total. The van der Waals surface area contributed by atoms with Crippen LogP contribution in [-0.2, 0) is 9.53 Å². The summed E-state index contributed by atoms with van der Waals surface area (Å²) in [6, 6.07) is 18.9. The largest absolute Gasteiger partial charge is 0.497 e. The van der Waals surface area contributed by atoms with Crippen LogP contribution in [0.5, 0.6) is 5.75 Å². The molecule has 2 aromatic carbocycles. The predicted molar refractivity (Wildman–Crippen MR) is 132 cm³/mol. The monoisotopic (exact) mass is 482 g/mol. The number of thiophene rings is 1. The Kier molecular flexibility index (Phi) is 7.37. The number of nitrogens with zero attached hydrogens (tertiary/aromatic N) is 2. The molecule has 33 heavy (non-hydrogen) atoms. The number of carbonyl (C=O) groups is 2. The van der Waals surface area contributed by atoms with Crippen LogP contribution in [-0.4, -0.2) is 57.2 Å². The van der Waals surface area contributed by atoms with Crippen LogP contribution in [0.2, 0.25) is 0 Å². The summed E-state index contributed by atoms with van der Waals surface area (Å²) in [5.41, 5.74) is 1.73. The van der Waals surface area contributed by atoms with Crippen LogP contribution < -0.4 is 9.64 Å². The van der Waals surface area contributed by atoms with Crippen molar-refractivity contribution in [2.24, 2.45) is 0 Å². The standard InChI is InChI=1S/C25H26N2O4S2/c1-26(2)14-15-27-19-7-4-5-8-20(19)33-23(17-10-12-18(30-3)13-11-17)22(24(27)28)31-25(29)21-9-6-16-32-21/h4-13,16,22-23H,14-15H2,1-3H3/t22-,23+/m1/s1. The minimum atomic E-state index is -0.979. The molecular formula is C25H26N2O4S2. The van der Waals surface area contributed by atoms with Gasteiger partial charge in [0.05, 0.1) is 18.0 Å². The van der Waals surface area contributed by atoms with Crippen molar-refractivity contribution in [2.45, 2.75) is 16.2 Å². The minimum absolute atomic E-state index is 0.222. The van der Waals surface area contributed by atoms with Gasteiger partial charge < -0.3 is 19.3 Å². The fourth-order valence-electron chi connectivity index (χ4n) is 3.63. The Morgan fingerprint density at radius 2 is 1.82 bits per heavy atom. The molecule has 1 aliphatic heterocycles. The fraction of sp³-hybridized carbons (Fsp3) is 0.280. The summed E-state index contributed by atoms with van der Waals surface area (Å²) in [4.78, 5) is 32.1. The number of rotatable bonds is 7. The molecule has 2 heterocycles. The number of benzene rings is 2. The maximum Gasteiger partial charge on any atom is 0.349 e. The Bertz CT molecular complexity index is 1100. The Labute approximate surface area is 202 Å². The summed E-state index contributed by atoms with van der Waals surface area (Å²) in [5, 5.41) is 1.42. The highest BCUT2D eigenvalue weighted by atomic mass is 32.2. The van der Waals surface area contributed by atoms with Crippen molar-refractivity contribution in [1.82, 2.24) is 4.90 Å². The van der Waals surface area contributed by atoms with Gasteiger partial charge in [0.1, 0.15) is 10.6 Å². The van der Waals surface area contributed by atoms with Gasteiger partial charge in [-0.2, -0.15) is 0 Å². The molecule has 0 spiro atoms. The normalized spacial score (nSPS) is 18.1. The van der Waals surface area contributed by atoms with Crippen LogP contribution in [0.15, 0.2) is 70.9 Å². The number of methoxy groups -OCH3 is 1. The van der Waals surface area contributed by atoms with E-state index in [0.29, 0.717) is 18.0 Å². The Balaban J connectivity index is 1.76.